The molecule has 1 heterocycles. The summed E-state index contributed by atoms with van der Waals surface area (Å²) in [5.41, 5.74) is 5.88. The van der Waals surface area contributed by atoms with Gasteiger partial charge in [-0.2, -0.15) is 0 Å². The van der Waals surface area contributed by atoms with Gasteiger partial charge in [0.05, 0.1) is 12.1 Å². The van der Waals surface area contributed by atoms with Crippen molar-refractivity contribution >= 4 is 0 Å². The van der Waals surface area contributed by atoms with Gasteiger partial charge in [0.1, 0.15) is 0 Å². The second kappa shape index (κ2) is 3.32. The molecular formula is C9H18N2O. The van der Waals surface area contributed by atoms with Crippen molar-refractivity contribution in [1.29, 1.82) is 0 Å². The Morgan fingerprint density at radius 1 is 1.50 bits per heavy atom. The van der Waals surface area contributed by atoms with Crippen molar-refractivity contribution in [2.75, 3.05) is 19.8 Å². The van der Waals surface area contributed by atoms with Crippen molar-refractivity contribution < 1.29 is 4.74 Å². The van der Waals surface area contributed by atoms with Crippen LogP contribution in [0.2, 0.25) is 0 Å². The smallest absolute Gasteiger partial charge is 0.0660 e. The number of rotatable bonds is 3. The van der Waals surface area contributed by atoms with E-state index < -0.39 is 0 Å². The zero-order valence-corrected chi connectivity index (χ0v) is 7.51. The van der Waals surface area contributed by atoms with Crippen LogP contribution in [-0.2, 0) is 4.74 Å². The molecule has 0 aromatic rings. The highest BCUT2D eigenvalue weighted by molar-refractivity contribution is 4.97. The zero-order chi connectivity index (χ0) is 8.44. The molecule has 3 heteroatoms. The summed E-state index contributed by atoms with van der Waals surface area (Å²) in [5.74, 6) is 0. The first-order chi connectivity index (χ1) is 5.85. The topological polar surface area (TPSA) is 47.3 Å². The Labute approximate surface area is 73.7 Å². The van der Waals surface area contributed by atoms with Crippen molar-refractivity contribution in [2.24, 2.45) is 5.73 Å². The van der Waals surface area contributed by atoms with Crippen LogP contribution in [0.5, 0.6) is 0 Å². The molecule has 0 radical (unpaired) electrons. The predicted molar refractivity (Wildman–Crippen MR) is 48.0 cm³/mol. The van der Waals surface area contributed by atoms with Gasteiger partial charge in [0.2, 0.25) is 0 Å². The minimum atomic E-state index is 0.111. The Morgan fingerprint density at radius 2 is 2.33 bits per heavy atom. The van der Waals surface area contributed by atoms with E-state index in [1.807, 2.05) is 0 Å². The molecule has 0 spiro atoms. The molecule has 0 amide bonds. The second-order valence-corrected chi connectivity index (χ2v) is 4.06. The molecule has 2 rings (SSSR count). The van der Waals surface area contributed by atoms with Crippen LogP contribution in [0, 0.1) is 0 Å². The maximum Gasteiger partial charge on any atom is 0.0660 e. The Morgan fingerprint density at radius 3 is 2.83 bits per heavy atom. The van der Waals surface area contributed by atoms with Gasteiger partial charge in [-0.05, 0) is 25.7 Å². The largest absolute Gasteiger partial charge is 0.379 e. The van der Waals surface area contributed by atoms with E-state index in [4.69, 9.17) is 10.5 Å². The van der Waals surface area contributed by atoms with Gasteiger partial charge in [-0.1, -0.05) is 0 Å². The molecule has 3 nitrogen and oxygen atoms in total. The first kappa shape index (κ1) is 8.48. The molecule has 3 N–H and O–H groups in total. The molecule has 0 aromatic carbocycles. The van der Waals surface area contributed by atoms with Crippen LogP contribution in [0.15, 0.2) is 0 Å². The molecule has 70 valence electrons. The monoisotopic (exact) mass is 170 g/mol. The van der Waals surface area contributed by atoms with Crippen LogP contribution in [0.25, 0.3) is 0 Å². The van der Waals surface area contributed by atoms with Gasteiger partial charge < -0.3 is 15.8 Å². The van der Waals surface area contributed by atoms with Gasteiger partial charge in [0.15, 0.2) is 0 Å². The molecule has 1 aliphatic carbocycles. The fourth-order valence-electron chi connectivity index (χ4n) is 1.85. The summed E-state index contributed by atoms with van der Waals surface area (Å²) in [4.78, 5) is 0. The Hall–Kier alpha value is -0.120. The minimum absolute atomic E-state index is 0.111. The van der Waals surface area contributed by atoms with Crippen LogP contribution in [0.1, 0.15) is 25.7 Å². The number of hydrogen-bond acceptors (Lipinski definition) is 3. The second-order valence-electron chi connectivity index (χ2n) is 4.06. The van der Waals surface area contributed by atoms with Gasteiger partial charge in [-0.15, -0.1) is 0 Å². The van der Waals surface area contributed by atoms with Crippen molar-refractivity contribution in [3.63, 3.8) is 0 Å². The van der Waals surface area contributed by atoms with Crippen molar-refractivity contribution in [2.45, 2.75) is 37.3 Å². The van der Waals surface area contributed by atoms with Gasteiger partial charge in [-0.3, -0.25) is 0 Å². The summed E-state index contributed by atoms with van der Waals surface area (Å²) in [6.45, 7) is 2.43. The standard InChI is InChI=1S/C9H18N2O/c10-6-9(11-8-2-3-8)4-1-5-12-7-9/h8,11H,1-7,10H2. The van der Waals surface area contributed by atoms with E-state index in [0.29, 0.717) is 6.54 Å². The highest BCUT2D eigenvalue weighted by atomic mass is 16.5. The third-order valence-electron chi connectivity index (χ3n) is 2.80. The maximum atomic E-state index is 5.77. The predicted octanol–water partition coefficient (Wildman–Crippen LogP) is 0.246. The lowest BCUT2D eigenvalue weighted by atomic mass is 9.92. The number of nitrogens with one attached hydrogen (secondary N) is 1. The number of nitrogens with two attached hydrogens (primary N) is 1. The first-order valence-electron chi connectivity index (χ1n) is 4.90. The SMILES string of the molecule is NCC1(NC2CC2)CCCOC1. The molecule has 1 unspecified atom stereocenters. The van der Waals surface area contributed by atoms with Crippen LogP contribution < -0.4 is 11.1 Å². The van der Waals surface area contributed by atoms with Crippen LogP contribution in [-0.4, -0.2) is 31.3 Å². The lowest BCUT2D eigenvalue weighted by Crippen LogP contribution is -2.57. The molecule has 1 saturated heterocycles. The highest BCUT2D eigenvalue weighted by Gasteiger charge is 2.36. The van der Waals surface area contributed by atoms with Crippen LogP contribution in [0.3, 0.4) is 0 Å². The van der Waals surface area contributed by atoms with E-state index in [1.165, 1.54) is 19.3 Å². The number of ether oxygens (including phenoxy) is 1. The zero-order valence-electron chi connectivity index (χ0n) is 7.51. The Balaban J connectivity index is 1.90. The van der Waals surface area contributed by atoms with Crippen LogP contribution in [0.4, 0.5) is 0 Å². The molecular weight excluding hydrogens is 152 g/mol. The van der Waals surface area contributed by atoms with Gasteiger partial charge in [-0.25, -0.2) is 0 Å². The highest BCUT2D eigenvalue weighted by Crippen LogP contribution is 2.26. The molecule has 1 atom stereocenters. The third kappa shape index (κ3) is 1.79. The number of hydrogen-bond donors (Lipinski definition) is 2. The lowest BCUT2D eigenvalue weighted by Gasteiger charge is -2.37. The minimum Gasteiger partial charge on any atom is -0.379 e. The fraction of sp³-hybridized carbons (Fsp3) is 1.00. The normalized spacial score (nSPS) is 36.8. The molecule has 1 saturated carbocycles. The summed E-state index contributed by atoms with van der Waals surface area (Å²) in [5, 5.41) is 3.61. The van der Waals surface area contributed by atoms with E-state index in [1.54, 1.807) is 0 Å². The van der Waals surface area contributed by atoms with Gasteiger partial charge in [0, 0.05) is 19.2 Å². The summed E-state index contributed by atoms with van der Waals surface area (Å²) in [6.07, 6.45) is 4.97. The van der Waals surface area contributed by atoms with Crippen molar-refractivity contribution in [3.05, 3.63) is 0 Å². The Kier molecular flexibility index (Phi) is 2.35. The molecule has 12 heavy (non-hydrogen) atoms. The summed E-state index contributed by atoms with van der Waals surface area (Å²) in [6, 6.07) is 0.732. The average Bonchev–Trinajstić information content (AvgIpc) is 2.90. The Bertz CT molecular complexity index is 151. The van der Waals surface area contributed by atoms with E-state index >= 15 is 0 Å². The maximum absolute atomic E-state index is 5.77. The summed E-state index contributed by atoms with van der Waals surface area (Å²) >= 11 is 0. The first-order valence-corrected chi connectivity index (χ1v) is 4.90. The van der Waals surface area contributed by atoms with E-state index in [2.05, 4.69) is 5.32 Å². The van der Waals surface area contributed by atoms with Crippen LogP contribution >= 0.6 is 0 Å². The molecule has 2 aliphatic rings. The average molecular weight is 170 g/mol. The quantitative estimate of drug-likeness (QED) is 0.638. The third-order valence-corrected chi connectivity index (χ3v) is 2.80. The molecule has 0 aromatic heterocycles. The van der Waals surface area contributed by atoms with Crippen molar-refractivity contribution in [1.82, 2.24) is 5.32 Å². The van der Waals surface area contributed by atoms with Crippen molar-refractivity contribution in [3.8, 4) is 0 Å². The molecule has 0 bridgehead atoms. The fourth-order valence-corrected chi connectivity index (χ4v) is 1.85. The van der Waals surface area contributed by atoms with E-state index in [0.717, 1.165) is 25.7 Å². The van der Waals surface area contributed by atoms with Gasteiger partial charge in [0.25, 0.3) is 0 Å². The molecule has 2 fully saturated rings. The van der Waals surface area contributed by atoms with Gasteiger partial charge >= 0.3 is 0 Å². The van der Waals surface area contributed by atoms with E-state index in [9.17, 15) is 0 Å². The summed E-state index contributed by atoms with van der Waals surface area (Å²) < 4.78 is 5.46. The molecule has 1 aliphatic heterocycles. The van der Waals surface area contributed by atoms with E-state index in [-0.39, 0.29) is 5.54 Å². The lowest BCUT2D eigenvalue weighted by molar-refractivity contribution is 0.0232. The summed E-state index contributed by atoms with van der Waals surface area (Å²) in [7, 11) is 0.